The number of nitrogens with zero attached hydrogens (tertiary/aromatic N) is 1. The van der Waals surface area contributed by atoms with Crippen LogP contribution in [0, 0.1) is 12.3 Å². The molecule has 0 spiro atoms. The maximum Gasteiger partial charge on any atom is 0.222 e. The molecular weight excluding hydrogens is 292 g/mol. The number of benzene rings is 1. The fourth-order valence-electron chi connectivity index (χ4n) is 2.69. The van der Waals surface area contributed by atoms with Crippen LogP contribution in [0.2, 0.25) is 0 Å². The van der Waals surface area contributed by atoms with E-state index >= 15 is 0 Å². The van der Waals surface area contributed by atoms with Crippen LogP contribution < -0.4 is 5.32 Å². The standard InChI is InChI=1S/C18H24N2O3/c1-2-10-23-11-8-18(22)19-12-17(21)14-20-9-7-15-5-3-4-6-16(15)13-20/h1,3-6,17,21H,7-14H2,(H,19,22). The molecule has 1 aliphatic rings. The summed E-state index contributed by atoms with van der Waals surface area (Å²) in [5.74, 6) is 2.21. The summed E-state index contributed by atoms with van der Waals surface area (Å²) in [4.78, 5) is 13.8. The molecule has 2 rings (SSSR count). The van der Waals surface area contributed by atoms with Gasteiger partial charge in [0.1, 0.15) is 6.61 Å². The van der Waals surface area contributed by atoms with Gasteiger partial charge in [0.15, 0.2) is 0 Å². The molecule has 1 aromatic carbocycles. The minimum atomic E-state index is -0.573. The molecule has 1 unspecified atom stereocenters. The van der Waals surface area contributed by atoms with E-state index in [0.29, 0.717) is 13.2 Å². The van der Waals surface area contributed by atoms with Crippen LogP contribution in [0.25, 0.3) is 0 Å². The number of amides is 1. The zero-order valence-corrected chi connectivity index (χ0v) is 13.3. The molecule has 5 heteroatoms. The van der Waals surface area contributed by atoms with Gasteiger partial charge in [0.05, 0.1) is 19.1 Å². The van der Waals surface area contributed by atoms with Crippen LogP contribution in [0.5, 0.6) is 0 Å². The number of fused-ring (bicyclic) bond motifs is 1. The number of nitrogens with one attached hydrogen (secondary N) is 1. The normalized spacial score (nSPS) is 15.5. The molecule has 23 heavy (non-hydrogen) atoms. The Morgan fingerprint density at radius 1 is 1.43 bits per heavy atom. The van der Waals surface area contributed by atoms with E-state index in [0.717, 1.165) is 19.5 Å². The Hall–Kier alpha value is -1.87. The lowest BCUT2D eigenvalue weighted by atomic mass is 10.00. The van der Waals surface area contributed by atoms with Crippen molar-refractivity contribution in [3.05, 3.63) is 35.4 Å². The SMILES string of the molecule is C#CCOCCC(=O)NCC(O)CN1CCc2ccccc2C1. The number of rotatable bonds is 8. The average molecular weight is 316 g/mol. The number of hydrogen-bond donors (Lipinski definition) is 2. The van der Waals surface area contributed by atoms with E-state index in [2.05, 4.69) is 34.3 Å². The molecule has 124 valence electrons. The number of β-amino-alcohol motifs (C(OH)–C–C–N with tert-alkyl or cyclic N) is 1. The summed E-state index contributed by atoms with van der Waals surface area (Å²) < 4.78 is 5.05. The molecule has 1 atom stereocenters. The summed E-state index contributed by atoms with van der Waals surface area (Å²) in [6.07, 6.45) is 5.73. The lowest BCUT2D eigenvalue weighted by molar-refractivity contribution is -0.122. The second kappa shape index (κ2) is 9.31. The van der Waals surface area contributed by atoms with Crippen molar-refractivity contribution in [2.45, 2.75) is 25.5 Å². The van der Waals surface area contributed by atoms with Crippen molar-refractivity contribution >= 4 is 5.91 Å². The fraction of sp³-hybridized carbons (Fsp3) is 0.500. The van der Waals surface area contributed by atoms with Crippen molar-refractivity contribution < 1.29 is 14.6 Å². The van der Waals surface area contributed by atoms with Crippen LogP contribution >= 0.6 is 0 Å². The highest BCUT2D eigenvalue weighted by atomic mass is 16.5. The first-order chi connectivity index (χ1) is 11.2. The Labute approximate surface area is 137 Å². The molecule has 2 N–H and O–H groups in total. The minimum Gasteiger partial charge on any atom is -0.390 e. The summed E-state index contributed by atoms with van der Waals surface area (Å²) in [7, 11) is 0. The third kappa shape index (κ3) is 6.03. The third-order valence-corrected chi connectivity index (χ3v) is 3.87. The largest absolute Gasteiger partial charge is 0.390 e. The summed E-state index contributed by atoms with van der Waals surface area (Å²) >= 11 is 0. The second-order valence-electron chi connectivity index (χ2n) is 5.72. The predicted octanol–water partition coefficient (Wildman–Crippen LogP) is 0.562. The highest BCUT2D eigenvalue weighted by molar-refractivity contribution is 5.75. The quantitative estimate of drug-likeness (QED) is 0.543. The highest BCUT2D eigenvalue weighted by Crippen LogP contribution is 2.18. The molecule has 0 saturated carbocycles. The van der Waals surface area contributed by atoms with Crippen molar-refractivity contribution in [2.24, 2.45) is 0 Å². The van der Waals surface area contributed by atoms with Gasteiger partial charge in [-0.15, -0.1) is 6.42 Å². The molecule has 0 aliphatic carbocycles. The molecule has 1 amide bonds. The highest BCUT2D eigenvalue weighted by Gasteiger charge is 2.18. The fourth-order valence-corrected chi connectivity index (χ4v) is 2.69. The van der Waals surface area contributed by atoms with E-state index in [-0.39, 0.29) is 25.5 Å². The first kappa shape index (κ1) is 17.5. The van der Waals surface area contributed by atoms with Crippen LogP contribution in [0.3, 0.4) is 0 Å². The Balaban J connectivity index is 1.65. The number of hydrogen-bond acceptors (Lipinski definition) is 4. The average Bonchev–Trinajstić information content (AvgIpc) is 2.57. The van der Waals surface area contributed by atoms with Gasteiger partial charge in [-0.2, -0.15) is 0 Å². The number of ether oxygens (including phenoxy) is 1. The molecule has 0 fully saturated rings. The zero-order valence-electron chi connectivity index (χ0n) is 13.3. The number of carbonyl (C=O) groups is 1. The van der Waals surface area contributed by atoms with E-state index in [1.807, 2.05) is 6.07 Å². The van der Waals surface area contributed by atoms with Gasteiger partial charge in [-0.1, -0.05) is 30.2 Å². The molecule has 1 aliphatic heterocycles. The zero-order chi connectivity index (χ0) is 16.5. The number of terminal acetylenes is 1. The smallest absolute Gasteiger partial charge is 0.222 e. The Morgan fingerprint density at radius 2 is 2.22 bits per heavy atom. The third-order valence-electron chi connectivity index (χ3n) is 3.87. The minimum absolute atomic E-state index is 0.134. The summed E-state index contributed by atoms with van der Waals surface area (Å²) in [6, 6.07) is 8.39. The summed E-state index contributed by atoms with van der Waals surface area (Å²) in [6.45, 7) is 3.11. The molecule has 0 aromatic heterocycles. The van der Waals surface area contributed by atoms with Crippen LogP contribution in [0.15, 0.2) is 24.3 Å². The van der Waals surface area contributed by atoms with Gasteiger partial charge in [-0.05, 0) is 17.5 Å². The van der Waals surface area contributed by atoms with Crippen LogP contribution in [-0.4, -0.2) is 54.9 Å². The molecule has 0 bridgehead atoms. The number of aliphatic hydroxyl groups excluding tert-OH is 1. The molecule has 1 aromatic rings. The topological polar surface area (TPSA) is 61.8 Å². The Bertz CT molecular complexity index is 553. The van der Waals surface area contributed by atoms with E-state index < -0.39 is 6.10 Å². The van der Waals surface area contributed by atoms with E-state index in [4.69, 9.17) is 11.2 Å². The summed E-state index contributed by atoms with van der Waals surface area (Å²) in [5.41, 5.74) is 2.71. The van der Waals surface area contributed by atoms with Gasteiger partial charge in [-0.3, -0.25) is 9.69 Å². The predicted molar refractivity (Wildman–Crippen MR) is 88.7 cm³/mol. The lowest BCUT2D eigenvalue weighted by Crippen LogP contribution is -2.42. The monoisotopic (exact) mass is 316 g/mol. The molecule has 1 heterocycles. The van der Waals surface area contributed by atoms with Crippen LogP contribution in [-0.2, 0) is 22.5 Å². The Morgan fingerprint density at radius 3 is 3.00 bits per heavy atom. The van der Waals surface area contributed by atoms with Gasteiger partial charge >= 0.3 is 0 Å². The van der Waals surface area contributed by atoms with E-state index in [9.17, 15) is 9.90 Å². The van der Waals surface area contributed by atoms with Gasteiger partial charge in [0.2, 0.25) is 5.91 Å². The number of aliphatic hydroxyl groups is 1. The lowest BCUT2D eigenvalue weighted by Gasteiger charge is -2.30. The Kier molecular flexibility index (Phi) is 7.08. The van der Waals surface area contributed by atoms with E-state index in [1.165, 1.54) is 11.1 Å². The number of carbonyl (C=O) groups excluding carboxylic acids is 1. The first-order valence-electron chi connectivity index (χ1n) is 7.94. The van der Waals surface area contributed by atoms with Crippen molar-refractivity contribution in [1.82, 2.24) is 10.2 Å². The van der Waals surface area contributed by atoms with Gasteiger partial charge < -0.3 is 15.2 Å². The van der Waals surface area contributed by atoms with Crippen molar-refractivity contribution in [3.63, 3.8) is 0 Å². The van der Waals surface area contributed by atoms with Crippen molar-refractivity contribution in [2.75, 3.05) is 32.8 Å². The van der Waals surface area contributed by atoms with Crippen LogP contribution in [0.1, 0.15) is 17.5 Å². The van der Waals surface area contributed by atoms with Gasteiger partial charge in [0, 0.05) is 26.2 Å². The maximum absolute atomic E-state index is 11.6. The first-order valence-corrected chi connectivity index (χ1v) is 7.94. The molecule has 5 nitrogen and oxygen atoms in total. The van der Waals surface area contributed by atoms with Crippen molar-refractivity contribution in [3.8, 4) is 12.3 Å². The molecule has 0 saturated heterocycles. The van der Waals surface area contributed by atoms with E-state index in [1.54, 1.807) is 0 Å². The van der Waals surface area contributed by atoms with Gasteiger partial charge in [-0.25, -0.2) is 0 Å². The van der Waals surface area contributed by atoms with Crippen molar-refractivity contribution in [1.29, 1.82) is 0 Å². The maximum atomic E-state index is 11.6. The second-order valence-corrected chi connectivity index (χ2v) is 5.72. The van der Waals surface area contributed by atoms with Gasteiger partial charge in [0.25, 0.3) is 0 Å². The molecule has 0 radical (unpaired) electrons. The molecular formula is C18H24N2O3. The van der Waals surface area contributed by atoms with Crippen LogP contribution in [0.4, 0.5) is 0 Å². The summed E-state index contributed by atoms with van der Waals surface area (Å²) in [5, 5.41) is 12.8.